The molecule has 0 unspecified atom stereocenters. The number of amides is 2. The molecule has 0 saturated heterocycles. The van der Waals surface area contributed by atoms with Crippen molar-refractivity contribution in [1.82, 2.24) is 10.2 Å². The Morgan fingerprint density at radius 3 is 2.59 bits per heavy atom. The van der Waals surface area contributed by atoms with Crippen molar-refractivity contribution in [3.63, 3.8) is 0 Å². The molecule has 5 nitrogen and oxygen atoms in total. The second kappa shape index (κ2) is 11.5. The summed E-state index contributed by atoms with van der Waals surface area (Å²) in [7, 11) is 0. The minimum atomic E-state index is -0.751. The molecule has 1 aliphatic carbocycles. The van der Waals surface area contributed by atoms with Crippen molar-refractivity contribution in [3.05, 3.63) is 63.9 Å². The van der Waals surface area contributed by atoms with Crippen LogP contribution in [0.1, 0.15) is 50.2 Å². The van der Waals surface area contributed by atoms with Gasteiger partial charge in [-0.2, -0.15) is 0 Å². The van der Waals surface area contributed by atoms with E-state index < -0.39 is 11.9 Å². The van der Waals surface area contributed by atoms with E-state index in [1.807, 2.05) is 19.1 Å². The highest BCUT2D eigenvalue weighted by atomic mass is 79.9. The third-order valence-electron chi connectivity index (χ3n) is 5.91. The SMILES string of the molecule is Cc1cc(OCC(=O)N(Cc2ccccc2F)[C@H](C)C(=O)NC2CCCCC2)ccc1Br. The average molecular weight is 505 g/mol. The molecule has 172 valence electrons. The Labute approximate surface area is 197 Å². The molecule has 0 aromatic heterocycles. The first kappa shape index (κ1) is 24.2. The van der Waals surface area contributed by atoms with E-state index in [1.165, 1.54) is 17.4 Å². The number of rotatable bonds is 8. The first-order valence-corrected chi connectivity index (χ1v) is 11.9. The maximum absolute atomic E-state index is 14.3. The van der Waals surface area contributed by atoms with Crippen molar-refractivity contribution in [2.24, 2.45) is 0 Å². The van der Waals surface area contributed by atoms with E-state index in [-0.39, 0.29) is 31.0 Å². The zero-order chi connectivity index (χ0) is 23.1. The van der Waals surface area contributed by atoms with Gasteiger partial charge >= 0.3 is 0 Å². The van der Waals surface area contributed by atoms with E-state index in [1.54, 1.807) is 31.2 Å². The van der Waals surface area contributed by atoms with Gasteiger partial charge in [-0.15, -0.1) is 0 Å². The third kappa shape index (κ3) is 6.55. The molecule has 1 aliphatic rings. The lowest BCUT2D eigenvalue weighted by atomic mass is 9.95. The molecule has 0 bridgehead atoms. The van der Waals surface area contributed by atoms with Gasteiger partial charge in [-0.3, -0.25) is 9.59 Å². The number of nitrogens with one attached hydrogen (secondary N) is 1. The van der Waals surface area contributed by atoms with Gasteiger partial charge in [-0.1, -0.05) is 53.4 Å². The van der Waals surface area contributed by atoms with Crippen LogP contribution in [0.3, 0.4) is 0 Å². The average Bonchev–Trinajstić information content (AvgIpc) is 2.79. The summed E-state index contributed by atoms with van der Waals surface area (Å²) >= 11 is 3.44. The fourth-order valence-corrected chi connectivity index (χ4v) is 4.14. The Hall–Kier alpha value is -2.41. The molecule has 3 rings (SSSR count). The van der Waals surface area contributed by atoms with E-state index in [0.29, 0.717) is 11.3 Å². The number of hydrogen-bond donors (Lipinski definition) is 1. The lowest BCUT2D eigenvalue weighted by Gasteiger charge is -2.31. The van der Waals surface area contributed by atoms with Gasteiger partial charge in [-0.25, -0.2) is 4.39 Å². The number of carbonyl (C=O) groups is 2. The van der Waals surface area contributed by atoms with Crippen LogP contribution in [-0.2, 0) is 16.1 Å². The standard InChI is InChI=1S/C25H30BrFN2O3/c1-17-14-21(12-13-22(17)26)32-16-24(30)29(15-19-8-6-7-11-23(19)27)18(2)25(31)28-20-9-4-3-5-10-20/h6-8,11-14,18,20H,3-5,9-10,15-16H2,1-2H3,(H,28,31)/t18-/m1/s1. The van der Waals surface area contributed by atoms with Gasteiger partial charge < -0.3 is 15.0 Å². The maximum Gasteiger partial charge on any atom is 0.261 e. The second-order valence-electron chi connectivity index (χ2n) is 8.33. The van der Waals surface area contributed by atoms with Crippen LogP contribution in [0.2, 0.25) is 0 Å². The van der Waals surface area contributed by atoms with Crippen LogP contribution < -0.4 is 10.1 Å². The predicted molar refractivity (Wildman–Crippen MR) is 126 cm³/mol. The normalized spacial score (nSPS) is 15.1. The van der Waals surface area contributed by atoms with Crippen molar-refractivity contribution in [1.29, 1.82) is 0 Å². The largest absolute Gasteiger partial charge is 0.484 e. The molecule has 1 N–H and O–H groups in total. The van der Waals surface area contributed by atoms with Crippen LogP contribution in [0, 0.1) is 12.7 Å². The minimum absolute atomic E-state index is 0.00646. The quantitative estimate of drug-likeness (QED) is 0.541. The molecule has 2 aromatic carbocycles. The van der Waals surface area contributed by atoms with Gasteiger partial charge in [0.2, 0.25) is 5.91 Å². The molecule has 0 aliphatic heterocycles. The molecule has 2 aromatic rings. The number of carbonyl (C=O) groups excluding carboxylic acids is 2. The number of aryl methyl sites for hydroxylation is 1. The predicted octanol–water partition coefficient (Wildman–Crippen LogP) is 5.14. The van der Waals surface area contributed by atoms with Crippen LogP contribution in [0.5, 0.6) is 5.75 Å². The zero-order valence-corrected chi connectivity index (χ0v) is 20.2. The van der Waals surface area contributed by atoms with Crippen LogP contribution in [0.15, 0.2) is 46.9 Å². The Kier molecular flexibility index (Phi) is 8.67. The van der Waals surface area contributed by atoms with Crippen molar-refractivity contribution < 1.29 is 18.7 Å². The summed E-state index contributed by atoms with van der Waals surface area (Å²) in [5.41, 5.74) is 1.34. The Balaban J connectivity index is 1.72. The monoisotopic (exact) mass is 504 g/mol. The molecule has 0 heterocycles. The summed E-state index contributed by atoms with van der Waals surface area (Å²) in [6.45, 7) is 3.37. The molecule has 1 saturated carbocycles. The molecule has 1 atom stereocenters. The van der Waals surface area contributed by atoms with Crippen LogP contribution in [-0.4, -0.2) is 35.4 Å². The topological polar surface area (TPSA) is 58.6 Å². The van der Waals surface area contributed by atoms with E-state index >= 15 is 0 Å². The van der Waals surface area contributed by atoms with Crippen molar-refractivity contribution in [3.8, 4) is 5.75 Å². The summed E-state index contributed by atoms with van der Waals surface area (Å²) in [5.74, 6) is -0.444. The Bertz CT molecular complexity index is 947. The molecule has 0 spiro atoms. The second-order valence-corrected chi connectivity index (χ2v) is 9.19. The molecule has 2 amide bonds. The summed E-state index contributed by atoms with van der Waals surface area (Å²) < 4.78 is 21.0. The highest BCUT2D eigenvalue weighted by Gasteiger charge is 2.29. The lowest BCUT2D eigenvalue weighted by molar-refractivity contribution is -0.142. The highest BCUT2D eigenvalue weighted by molar-refractivity contribution is 9.10. The Morgan fingerprint density at radius 2 is 1.91 bits per heavy atom. The summed E-state index contributed by atoms with van der Waals surface area (Å²) in [5, 5.41) is 3.07. The molecule has 7 heteroatoms. The van der Waals surface area contributed by atoms with Gasteiger partial charge in [0, 0.05) is 22.6 Å². The first-order valence-electron chi connectivity index (χ1n) is 11.1. The first-order chi connectivity index (χ1) is 15.3. The van der Waals surface area contributed by atoms with Crippen LogP contribution in [0.25, 0.3) is 0 Å². The molecular formula is C25H30BrFN2O3. The van der Waals surface area contributed by atoms with E-state index in [9.17, 15) is 14.0 Å². The van der Waals surface area contributed by atoms with Crippen molar-refractivity contribution in [2.75, 3.05) is 6.61 Å². The molecular weight excluding hydrogens is 475 g/mol. The van der Waals surface area contributed by atoms with E-state index in [4.69, 9.17) is 4.74 Å². The van der Waals surface area contributed by atoms with Crippen LogP contribution >= 0.6 is 15.9 Å². The van der Waals surface area contributed by atoms with Crippen molar-refractivity contribution in [2.45, 2.75) is 64.6 Å². The summed E-state index contributed by atoms with van der Waals surface area (Å²) in [4.78, 5) is 27.4. The zero-order valence-electron chi connectivity index (χ0n) is 18.6. The number of halogens is 2. The number of hydrogen-bond acceptors (Lipinski definition) is 3. The van der Waals surface area contributed by atoms with Gasteiger partial charge in [-0.05, 0) is 56.5 Å². The molecule has 0 radical (unpaired) electrons. The maximum atomic E-state index is 14.3. The number of benzene rings is 2. The molecule has 32 heavy (non-hydrogen) atoms. The summed E-state index contributed by atoms with van der Waals surface area (Å²) in [6, 6.07) is 11.1. The van der Waals surface area contributed by atoms with E-state index in [2.05, 4.69) is 21.2 Å². The van der Waals surface area contributed by atoms with Gasteiger partial charge in [0.05, 0.1) is 0 Å². The third-order valence-corrected chi connectivity index (χ3v) is 6.80. The van der Waals surface area contributed by atoms with Crippen LogP contribution in [0.4, 0.5) is 4.39 Å². The highest BCUT2D eigenvalue weighted by Crippen LogP contribution is 2.22. The van der Waals surface area contributed by atoms with Gasteiger partial charge in [0.1, 0.15) is 17.6 Å². The van der Waals surface area contributed by atoms with E-state index in [0.717, 1.165) is 35.7 Å². The minimum Gasteiger partial charge on any atom is -0.484 e. The number of nitrogens with zero attached hydrogens (tertiary/aromatic N) is 1. The Morgan fingerprint density at radius 1 is 1.19 bits per heavy atom. The molecule has 1 fully saturated rings. The summed E-state index contributed by atoms with van der Waals surface area (Å²) in [6.07, 6.45) is 5.28. The van der Waals surface area contributed by atoms with Crippen molar-refractivity contribution >= 4 is 27.7 Å². The fraction of sp³-hybridized carbons (Fsp3) is 0.440. The lowest BCUT2D eigenvalue weighted by Crippen LogP contribution is -2.51. The fourth-order valence-electron chi connectivity index (χ4n) is 3.90. The van der Waals surface area contributed by atoms with Gasteiger partial charge in [0.15, 0.2) is 6.61 Å². The van der Waals surface area contributed by atoms with Gasteiger partial charge in [0.25, 0.3) is 5.91 Å². The smallest absolute Gasteiger partial charge is 0.261 e. The number of ether oxygens (including phenoxy) is 1.